The number of anilines is 1. The van der Waals surface area contributed by atoms with Gasteiger partial charge in [-0.1, -0.05) is 0 Å². The van der Waals surface area contributed by atoms with Crippen molar-refractivity contribution in [3.05, 3.63) is 29.6 Å². The standard InChI is InChI=1S/C12H13F3N6O/c1-7-4-9(12(13,14)15)19-11(18-7)21-2-3-22-5-8(21)10-16-6-17-20-10/h4,6,8H,2-3,5H2,1H3,(H,16,17,20). The molecule has 118 valence electrons. The fourth-order valence-electron chi connectivity index (χ4n) is 2.27. The second kappa shape index (κ2) is 5.52. The van der Waals surface area contributed by atoms with Crippen molar-refractivity contribution in [3.63, 3.8) is 0 Å². The van der Waals surface area contributed by atoms with Crippen molar-refractivity contribution < 1.29 is 17.9 Å². The molecule has 1 N–H and O–H groups in total. The minimum absolute atomic E-state index is 0.0111. The first kappa shape index (κ1) is 14.7. The maximum absolute atomic E-state index is 12.9. The van der Waals surface area contributed by atoms with Crippen LogP contribution in [0.25, 0.3) is 0 Å². The number of H-pyrrole nitrogens is 1. The van der Waals surface area contributed by atoms with Gasteiger partial charge in [0.05, 0.1) is 13.2 Å². The largest absolute Gasteiger partial charge is 0.433 e. The molecule has 1 atom stereocenters. The van der Waals surface area contributed by atoms with E-state index in [9.17, 15) is 13.2 Å². The number of aromatic nitrogens is 5. The monoisotopic (exact) mass is 314 g/mol. The average molecular weight is 314 g/mol. The SMILES string of the molecule is Cc1cc(C(F)(F)F)nc(N2CCOCC2c2ncn[nH]2)n1. The molecule has 7 nitrogen and oxygen atoms in total. The predicted molar refractivity (Wildman–Crippen MR) is 69.1 cm³/mol. The summed E-state index contributed by atoms with van der Waals surface area (Å²) < 4.78 is 44.1. The minimum Gasteiger partial charge on any atom is -0.377 e. The number of hydrogen-bond acceptors (Lipinski definition) is 6. The molecule has 1 aliphatic rings. The van der Waals surface area contributed by atoms with Crippen molar-refractivity contribution in [2.45, 2.75) is 19.1 Å². The number of aromatic amines is 1. The number of nitrogens with zero attached hydrogens (tertiary/aromatic N) is 5. The summed E-state index contributed by atoms with van der Waals surface area (Å²) in [6.45, 7) is 2.52. The highest BCUT2D eigenvalue weighted by Crippen LogP contribution is 2.31. The van der Waals surface area contributed by atoms with E-state index in [0.717, 1.165) is 6.07 Å². The molecule has 0 aromatic carbocycles. The van der Waals surface area contributed by atoms with Crippen molar-refractivity contribution in [2.24, 2.45) is 0 Å². The molecule has 1 fully saturated rings. The molecular weight excluding hydrogens is 301 g/mol. The Hall–Kier alpha value is -2.23. The summed E-state index contributed by atoms with van der Waals surface area (Å²) in [5, 5.41) is 6.47. The number of hydrogen-bond donors (Lipinski definition) is 1. The lowest BCUT2D eigenvalue weighted by Crippen LogP contribution is -2.41. The van der Waals surface area contributed by atoms with Crippen LogP contribution in [0, 0.1) is 6.92 Å². The fourth-order valence-corrected chi connectivity index (χ4v) is 2.27. The third-order valence-electron chi connectivity index (χ3n) is 3.27. The minimum atomic E-state index is -4.52. The Labute approximate surface area is 123 Å². The summed E-state index contributed by atoms with van der Waals surface area (Å²) in [5.41, 5.74) is -0.710. The molecule has 1 aliphatic heterocycles. The van der Waals surface area contributed by atoms with Crippen molar-refractivity contribution >= 4 is 5.95 Å². The topological polar surface area (TPSA) is 79.8 Å². The van der Waals surface area contributed by atoms with E-state index in [-0.39, 0.29) is 18.2 Å². The molecule has 0 bridgehead atoms. The number of nitrogens with one attached hydrogen (secondary N) is 1. The van der Waals surface area contributed by atoms with Crippen LogP contribution in [0.5, 0.6) is 0 Å². The maximum Gasteiger partial charge on any atom is 0.433 e. The van der Waals surface area contributed by atoms with Gasteiger partial charge in [-0.25, -0.2) is 15.0 Å². The van der Waals surface area contributed by atoms with Crippen molar-refractivity contribution in [1.82, 2.24) is 25.1 Å². The van der Waals surface area contributed by atoms with Gasteiger partial charge in [0, 0.05) is 12.2 Å². The first-order chi connectivity index (χ1) is 10.4. The molecule has 10 heteroatoms. The van der Waals surface area contributed by atoms with Crippen LogP contribution in [0.15, 0.2) is 12.4 Å². The van der Waals surface area contributed by atoms with Crippen LogP contribution in [0.1, 0.15) is 23.3 Å². The van der Waals surface area contributed by atoms with Crippen LogP contribution in [0.3, 0.4) is 0 Å². The molecule has 0 radical (unpaired) electrons. The first-order valence-electron chi connectivity index (χ1n) is 6.57. The third-order valence-corrected chi connectivity index (χ3v) is 3.27. The molecule has 1 saturated heterocycles. The summed E-state index contributed by atoms with van der Waals surface area (Å²) in [5.74, 6) is 0.510. The van der Waals surface area contributed by atoms with Crippen molar-refractivity contribution in [3.8, 4) is 0 Å². The van der Waals surface area contributed by atoms with Crippen LogP contribution in [0.2, 0.25) is 0 Å². The highest BCUT2D eigenvalue weighted by molar-refractivity contribution is 5.36. The lowest BCUT2D eigenvalue weighted by atomic mass is 10.2. The van der Waals surface area contributed by atoms with E-state index >= 15 is 0 Å². The van der Waals surface area contributed by atoms with E-state index in [2.05, 4.69) is 25.1 Å². The predicted octanol–water partition coefficient (Wildman–Crippen LogP) is 1.50. The molecule has 0 amide bonds. The Morgan fingerprint density at radius 3 is 2.86 bits per heavy atom. The zero-order chi connectivity index (χ0) is 15.7. The Kier molecular flexibility index (Phi) is 3.69. The van der Waals surface area contributed by atoms with Crippen molar-refractivity contribution in [1.29, 1.82) is 0 Å². The van der Waals surface area contributed by atoms with Crippen molar-refractivity contribution in [2.75, 3.05) is 24.7 Å². The second-order valence-corrected chi connectivity index (χ2v) is 4.85. The van der Waals surface area contributed by atoms with E-state index in [1.54, 1.807) is 4.90 Å². The Morgan fingerprint density at radius 1 is 1.36 bits per heavy atom. The molecule has 3 heterocycles. The van der Waals surface area contributed by atoms with Gasteiger partial charge in [-0.2, -0.15) is 18.3 Å². The Balaban J connectivity index is 1.99. The average Bonchev–Trinajstić information content (AvgIpc) is 3.00. The smallest absolute Gasteiger partial charge is 0.377 e. The quantitative estimate of drug-likeness (QED) is 0.905. The lowest BCUT2D eigenvalue weighted by molar-refractivity contribution is -0.141. The third kappa shape index (κ3) is 2.86. The van der Waals surface area contributed by atoms with E-state index in [1.807, 2.05) is 0 Å². The number of halogens is 3. The summed E-state index contributed by atoms with van der Waals surface area (Å²) in [7, 11) is 0. The number of ether oxygens (including phenoxy) is 1. The molecular formula is C12H13F3N6O. The van der Waals surface area contributed by atoms with Crippen LogP contribution in [0.4, 0.5) is 19.1 Å². The van der Waals surface area contributed by atoms with Gasteiger partial charge in [0.2, 0.25) is 5.95 Å². The van der Waals surface area contributed by atoms with Crippen LogP contribution in [-0.2, 0) is 10.9 Å². The van der Waals surface area contributed by atoms with Gasteiger partial charge in [-0.15, -0.1) is 0 Å². The molecule has 0 saturated carbocycles. The van der Waals surface area contributed by atoms with Gasteiger partial charge < -0.3 is 9.64 Å². The van der Waals surface area contributed by atoms with Crippen LogP contribution >= 0.6 is 0 Å². The van der Waals surface area contributed by atoms with Gasteiger partial charge >= 0.3 is 6.18 Å². The summed E-state index contributed by atoms with van der Waals surface area (Å²) >= 11 is 0. The summed E-state index contributed by atoms with van der Waals surface area (Å²) in [6, 6.07) is 0.520. The molecule has 1 unspecified atom stereocenters. The number of aryl methyl sites for hydroxylation is 1. The van der Waals surface area contributed by atoms with E-state index in [0.29, 0.717) is 19.0 Å². The fraction of sp³-hybridized carbons (Fsp3) is 0.500. The van der Waals surface area contributed by atoms with E-state index < -0.39 is 17.9 Å². The molecule has 2 aromatic heterocycles. The zero-order valence-electron chi connectivity index (χ0n) is 11.6. The highest BCUT2D eigenvalue weighted by Gasteiger charge is 2.35. The highest BCUT2D eigenvalue weighted by atomic mass is 19.4. The normalized spacial score (nSPS) is 19.5. The molecule has 3 rings (SSSR count). The second-order valence-electron chi connectivity index (χ2n) is 4.85. The van der Waals surface area contributed by atoms with Gasteiger partial charge in [0.1, 0.15) is 23.9 Å². The maximum atomic E-state index is 12.9. The zero-order valence-corrected chi connectivity index (χ0v) is 11.6. The number of rotatable bonds is 2. The lowest BCUT2D eigenvalue weighted by Gasteiger charge is -2.34. The van der Waals surface area contributed by atoms with Crippen LogP contribution in [-0.4, -0.2) is 44.9 Å². The summed E-state index contributed by atoms with van der Waals surface area (Å²) in [6.07, 6.45) is -3.18. The molecule has 2 aromatic rings. The van der Waals surface area contributed by atoms with Gasteiger partial charge in [-0.05, 0) is 13.0 Å². The number of morpholine rings is 1. The Bertz CT molecular complexity index is 645. The van der Waals surface area contributed by atoms with Gasteiger partial charge in [0.25, 0.3) is 0 Å². The van der Waals surface area contributed by atoms with Gasteiger partial charge in [-0.3, -0.25) is 5.10 Å². The van der Waals surface area contributed by atoms with E-state index in [1.165, 1.54) is 13.3 Å². The molecule has 22 heavy (non-hydrogen) atoms. The molecule has 0 aliphatic carbocycles. The Morgan fingerprint density at radius 2 is 2.18 bits per heavy atom. The first-order valence-corrected chi connectivity index (χ1v) is 6.57. The van der Waals surface area contributed by atoms with Crippen LogP contribution < -0.4 is 4.90 Å². The van der Waals surface area contributed by atoms with Gasteiger partial charge in [0.15, 0.2) is 0 Å². The number of alkyl halides is 3. The summed E-state index contributed by atoms with van der Waals surface area (Å²) in [4.78, 5) is 13.5. The van der Waals surface area contributed by atoms with E-state index in [4.69, 9.17) is 4.74 Å². The molecule has 0 spiro atoms.